The minimum Gasteiger partial charge on any atom is -0.395 e. The van der Waals surface area contributed by atoms with Gasteiger partial charge in [0, 0.05) is 6.54 Å². The van der Waals surface area contributed by atoms with Crippen LogP contribution in [0, 0.1) is 0 Å². The minimum absolute atomic E-state index is 0.326. The molecule has 2 rings (SSSR count). The summed E-state index contributed by atoms with van der Waals surface area (Å²) in [5.74, 6) is -0.473. The van der Waals surface area contributed by atoms with Gasteiger partial charge in [0.25, 0.3) is 0 Å². The first-order chi connectivity index (χ1) is 12.0. The number of likely N-dealkylation sites (tertiary alicyclic amines) is 1. The Balaban J connectivity index is 2.13. The summed E-state index contributed by atoms with van der Waals surface area (Å²) < 4.78 is 14.4. The number of carbonyl (C=O) groups excluding carboxylic acids is 1. The van der Waals surface area contributed by atoms with Crippen molar-refractivity contribution in [2.75, 3.05) is 19.7 Å². The maximum Gasteiger partial charge on any atom is 0.240 e. The van der Waals surface area contributed by atoms with Crippen molar-refractivity contribution in [3.8, 4) is 0 Å². The van der Waals surface area contributed by atoms with Crippen LogP contribution in [0.5, 0.6) is 0 Å². The molecule has 1 aromatic rings. The van der Waals surface area contributed by atoms with E-state index in [0.29, 0.717) is 19.5 Å². The molecule has 1 fully saturated rings. The Bertz CT molecular complexity index is 545. The number of aliphatic hydroxyl groups excluding tert-OH is 3. The maximum absolute atomic E-state index is 14.4. The molecule has 0 saturated carbocycles. The highest BCUT2D eigenvalue weighted by atomic mass is 19.1. The molecule has 140 valence electrons. The van der Waals surface area contributed by atoms with Gasteiger partial charge in [0.1, 0.15) is 24.4 Å². The monoisotopic (exact) mass is 354 g/mol. The molecule has 1 saturated heterocycles. The van der Waals surface area contributed by atoms with Gasteiger partial charge in [-0.1, -0.05) is 30.3 Å². The molecule has 0 spiro atoms. The second-order valence-corrected chi connectivity index (χ2v) is 6.34. The van der Waals surface area contributed by atoms with Crippen LogP contribution < -0.4 is 5.32 Å². The van der Waals surface area contributed by atoms with E-state index in [0.717, 1.165) is 12.0 Å². The van der Waals surface area contributed by atoms with E-state index in [4.69, 9.17) is 0 Å². The van der Waals surface area contributed by atoms with Gasteiger partial charge in [-0.15, -0.1) is 0 Å². The van der Waals surface area contributed by atoms with Gasteiger partial charge >= 0.3 is 0 Å². The smallest absolute Gasteiger partial charge is 0.240 e. The molecule has 1 aliphatic heterocycles. The molecule has 1 aromatic carbocycles. The van der Waals surface area contributed by atoms with Gasteiger partial charge in [-0.05, 0) is 31.9 Å². The number of nitrogens with one attached hydrogen (secondary N) is 1. The summed E-state index contributed by atoms with van der Waals surface area (Å²) in [6.07, 6.45) is -3.70. The molecule has 0 aromatic heterocycles. The molecule has 0 bridgehead atoms. The average Bonchev–Trinajstić information content (AvgIpc) is 2.61. The van der Waals surface area contributed by atoms with E-state index in [2.05, 4.69) is 5.32 Å². The van der Waals surface area contributed by atoms with Crippen LogP contribution in [-0.2, 0) is 11.2 Å². The van der Waals surface area contributed by atoms with E-state index in [1.165, 1.54) is 4.90 Å². The summed E-state index contributed by atoms with van der Waals surface area (Å²) in [5.41, 5.74) is 1.12. The molecule has 0 aliphatic carbocycles. The van der Waals surface area contributed by atoms with Crippen LogP contribution in [0.3, 0.4) is 0 Å². The summed E-state index contributed by atoms with van der Waals surface area (Å²) in [7, 11) is 0. The van der Waals surface area contributed by atoms with Crippen LogP contribution in [0.4, 0.5) is 4.39 Å². The van der Waals surface area contributed by atoms with E-state index in [1.807, 2.05) is 30.3 Å². The Morgan fingerprint density at radius 3 is 2.52 bits per heavy atom. The van der Waals surface area contributed by atoms with Crippen LogP contribution in [0.15, 0.2) is 30.3 Å². The van der Waals surface area contributed by atoms with Crippen molar-refractivity contribution < 1.29 is 24.5 Å². The predicted octanol–water partition coefficient (Wildman–Crippen LogP) is -0.140. The Hall–Kier alpha value is -1.54. The molecule has 5 atom stereocenters. The third kappa shape index (κ3) is 4.55. The number of carbonyl (C=O) groups is 1. The van der Waals surface area contributed by atoms with Gasteiger partial charge in [0.15, 0.2) is 0 Å². The fourth-order valence-electron chi connectivity index (χ4n) is 3.39. The van der Waals surface area contributed by atoms with Gasteiger partial charge < -0.3 is 20.6 Å². The highest BCUT2D eigenvalue weighted by molar-refractivity contribution is 5.82. The Morgan fingerprint density at radius 2 is 1.92 bits per heavy atom. The molecule has 4 N–H and O–H groups in total. The number of hydrogen-bond donors (Lipinski definition) is 4. The van der Waals surface area contributed by atoms with Gasteiger partial charge in [-0.3, -0.25) is 9.69 Å². The normalized spacial score (nSPS) is 30.2. The molecular weight excluding hydrogens is 327 g/mol. The van der Waals surface area contributed by atoms with Crippen LogP contribution in [0.25, 0.3) is 0 Å². The summed E-state index contributed by atoms with van der Waals surface area (Å²) >= 11 is 0. The summed E-state index contributed by atoms with van der Waals surface area (Å²) in [6, 6.07) is 7.64. The van der Waals surface area contributed by atoms with Gasteiger partial charge in [0.2, 0.25) is 5.91 Å². The van der Waals surface area contributed by atoms with E-state index in [-0.39, 0.29) is 0 Å². The lowest BCUT2D eigenvalue weighted by molar-refractivity contribution is -0.164. The fourth-order valence-corrected chi connectivity index (χ4v) is 3.39. The number of benzene rings is 1. The Morgan fingerprint density at radius 1 is 1.24 bits per heavy atom. The van der Waals surface area contributed by atoms with E-state index in [9.17, 15) is 24.5 Å². The number of aryl methyl sites for hydroxylation is 1. The number of likely N-dealkylation sites (N-methyl/N-ethyl adjacent to an activating group) is 1. The first-order valence-corrected chi connectivity index (χ1v) is 8.69. The number of piperidine rings is 1. The first-order valence-electron chi connectivity index (χ1n) is 8.69. The van der Waals surface area contributed by atoms with Crippen molar-refractivity contribution in [2.24, 2.45) is 0 Å². The fraction of sp³-hybridized carbons (Fsp3) is 0.611. The topological polar surface area (TPSA) is 93.0 Å². The average molecular weight is 354 g/mol. The quantitative estimate of drug-likeness (QED) is 0.547. The second-order valence-electron chi connectivity index (χ2n) is 6.34. The Labute approximate surface area is 147 Å². The van der Waals surface area contributed by atoms with Crippen molar-refractivity contribution >= 4 is 5.91 Å². The molecule has 25 heavy (non-hydrogen) atoms. The third-order valence-corrected chi connectivity index (χ3v) is 4.68. The predicted molar refractivity (Wildman–Crippen MR) is 91.7 cm³/mol. The van der Waals surface area contributed by atoms with Gasteiger partial charge in [-0.25, -0.2) is 4.39 Å². The van der Waals surface area contributed by atoms with Crippen molar-refractivity contribution in [3.63, 3.8) is 0 Å². The maximum atomic E-state index is 14.4. The lowest BCUT2D eigenvalue weighted by Crippen LogP contribution is -2.69. The molecule has 1 amide bonds. The molecule has 7 heteroatoms. The van der Waals surface area contributed by atoms with Crippen molar-refractivity contribution in [1.29, 1.82) is 0 Å². The lowest BCUT2D eigenvalue weighted by Gasteiger charge is -2.47. The van der Waals surface area contributed by atoms with E-state index >= 15 is 0 Å². The number of nitrogens with zero attached hydrogens (tertiary/aromatic N) is 1. The summed E-state index contributed by atoms with van der Waals surface area (Å²) in [5, 5.41) is 32.3. The largest absolute Gasteiger partial charge is 0.395 e. The van der Waals surface area contributed by atoms with Crippen molar-refractivity contribution in [2.45, 2.75) is 50.2 Å². The zero-order valence-electron chi connectivity index (χ0n) is 14.4. The first kappa shape index (κ1) is 19.8. The van der Waals surface area contributed by atoms with Crippen molar-refractivity contribution in [3.05, 3.63) is 35.9 Å². The minimum atomic E-state index is -1.82. The summed E-state index contributed by atoms with van der Waals surface area (Å²) in [4.78, 5) is 13.8. The standard InChI is InChI=1S/C18H27FN2O4/c1-2-20-18(25)15-17(24)16(23)14(19)13(11-22)21(15)10-6-9-12-7-4-3-5-8-12/h3-5,7-8,13-17,22-24H,2,6,9-11H2,1H3,(H,20,25). The molecule has 0 radical (unpaired) electrons. The van der Waals surface area contributed by atoms with Crippen LogP contribution in [0.2, 0.25) is 0 Å². The molecule has 1 aliphatic rings. The number of alkyl halides is 1. The van der Waals surface area contributed by atoms with E-state index in [1.54, 1.807) is 6.92 Å². The summed E-state index contributed by atoms with van der Waals surface area (Å²) in [6.45, 7) is 1.89. The Kier molecular flexibility index (Phi) is 7.31. The van der Waals surface area contributed by atoms with Gasteiger partial charge in [0.05, 0.1) is 12.6 Å². The number of hydrogen-bond acceptors (Lipinski definition) is 5. The van der Waals surface area contributed by atoms with Crippen LogP contribution in [0.1, 0.15) is 18.9 Å². The van der Waals surface area contributed by atoms with Gasteiger partial charge in [-0.2, -0.15) is 0 Å². The van der Waals surface area contributed by atoms with Crippen LogP contribution >= 0.6 is 0 Å². The number of amides is 1. The number of aliphatic hydroxyl groups is 3. The number of rotatable bonds is 7. The molecule has 6 nitrogen and oxygen atoms in total. The lowest BCUT2D eigenvalue weighted by atomic mass is 9.88. The molecule has 1 heterocycles. The molecule has 5 unspecified atom stereocenters. The zero-order chi connectivity index (χ0) is 18.4. The SMILES string of the molecule is CCNC(=O)C1C(O)C(O)C(F)C(CO)N1CCCc1ccccc1. The third-order valence-electron chi connectivity index (χ3n) is 4.68. The molecular formula is C18H27FN2O4. The van der Waals surface area contributed by atoms with Crippen LogP contribution in [-0.4, -0.2) is 76.3 Å². The highest BCUT2D eigenvalue weighted by Gasteiger charge is 2.50. The highest BCUT2D eigenvalue weighted by Crippen LogP contribution is 2.27. The van der Waals surface area contributed by atoms with Crippen molar-refractivity contribution in [1.82, 2.24) is 10.2 Å². The second kappa shape index (κ2) is 9.24. The number of halogens is 1. The van der Waals surface area contributed by atoms with E-state index < -0.39 is 43.0 Å². The zero-order valence-corrected chi connectivity index (χ0v) is 14.4.